The third kappa shape index (κ3) is 2.43. The fourth-order valence-corrected chi connectivity index (χ4v) is 1.77. The van der Waals surface area contributed by atoms with E-state index in [4.69, 9.17) is 4.74 Å². The third-order valence-corrected chi connectivity index (χ3v) is 2.71. The van der Waals surface area contributed by atoms with Crippen molar-refractivity contribution in [2.45, 2.75) is 13.3 Å². The summed E-state index contributed by atoms with van der Waals surface area (Å²) in [6.45, 7) is 2.10. The summed E-state index contributed by atoms with van der Waals surface area (Å²) in [6, 6.07) is 16.8. The first-order chi connectivity index (χ1) is 7.79. The van der Waals surface area contributed by atoms with Gasteiger partial charge in [-0.15, -0.1) is 0 Å². The number of ether oxygens (including phenoxy) is 1. The molecule has 0 amide bonds. The Kier molecular flexibility index (Phi) is 3.25. The summed E-state index contributed by atoms with van der Waals surface area (Å²) in [5.41, 5.74) is 3.84. The molecule has 0 bridgehead atoms. The van der Waals surface area contributed by atoms with E-state index in [1.807, 2.05) is 18.2 Å². The SMILES string of the molecule is COc1ccccc1Cc1ccc(C)cc1. The molecule has 2 aromatic rings. The largest absolute Gasteiger partial charge is 0.496 e. The Bertz CT molecular complexity index is 457. The summed E-state index contributed by atoms with van der Waals surface area (Å²) in [7, 11) is 1.72. The van der Waals surface area contributed by atoms with Crippen LogP contribution < -0.4 is 4.74 Å². The summed E-state index contributed by atoms with van der Waals surface area (Å²) in [6.07, 6.45) is 0.921. The number of benzene rings is 2. The van der Waals surface area contributed by atoms with Gasteiger partial charge in [-0.2, -0.15) is 0 Å². The van der Waals surface area contributed by atoms with Crippen molar-refractivity contribution in [3.8, 4) is 5.75 Å². The van der Waals surface area contributed by atoms with Crippen molar-refractivity contribution in [1.82, 2.24) is 0 Å². The highest BCUT2D eigenvalue weighted by Crippen LogP contribution is 2.20. The Balaban J connectivity index is 2.23. The van der Waals surface area contributed by atoms with Crippen molar-refractivity contribution < 1.29 is 4.74 Å². The lowest BCUT2D eigenvalue weighted by molar-refractivity contribution is 0.410. The van der Waals surface area contributed by atoms with Gasteiger partial charge in [0.2, 0.25) is 0 Å². The first kappa shape index (κ1) is 10.7. The maximum absolute atomic E-state index is 5.34. The van der Waals surface area contributed by atoms with Gasteiger partial charge in [0.05, 0.1) is 7.11 Å². The number of rotatable bonds is 3. The minimum atomic E-state index is 0.921. The summed E-state index contributed by atoms with van der Waals surface area (Å²) in [5.74, 6) is 0.961. The highest BCUT2D eigenvalue weighted by molar-refractivity contribution is 5.37. The number of hydrogen-bond acceptors (Lipinski definition) is 1. The summed E-state index contributed by atoms with van der Waals surface area (Å²) in [4.78, 5) is 0. The molecule has 0 aliphatic rings. The van der Waals surface area contributed by atoms with E-state index in [2.05, 4.69) is 37.3 Å². The Morgan fingerprint density at radius 1 is 0.938 bits per heavy atom. The van der Waals surface area contributed by atoms with Gasteiger partial charge < -0.3 is 4.74 Å². The van der Waals surface area contributed by atoms with Gasteiger partial charge in [-0.05, 0) is 24.1 Å². The van der Waals surface area contributed by atoms with Gasteiger partial charge in [0.25, 0.3) is 0 Å². The molecule has 0 fully saturated rings. The predicted octanol–water partition coefficient (Wildman–Crippen LogP) is 3.59. The minimum Gasteiger partial charge on any atom is -0.496 e. The van der Waals surface area contributed by atoms with Crippen LogP contribution in [0.2, 0.25) is 0 Å². The zero-order valence-electron chi connectivity index (χ0n) is 9.73. The zero-order valence-corrected chi connectivity index (χ0v) is 9.73. The summed E-state index contributed by atoms with van der Waals surface area (Å²) < 4.78 is 5.34. The van der Waals surface area contributed by atoms with E-state index >= 15 is 0 Å². The molecule has 0 radical (unpaired) electrons. The maximum atomic E-state index is 5.34. The van der Waals surface area contributed by atoms with Crippen molar-refractivity contribution in [2.24, 2.45) is 0 Å². The molecule has 2 rings (SSSR count). The number of hydrogen-bond donors (Lipinski definition) is 0. The molecule has 0 unspecified atom stereocenters. The van der Waals surface area contributed by atoms with Crippen molar-refractivity contribution in [3.05, 3.63) is 65.2 Å². The monoisotopic (exact) mass is 212 g/mol. The van der Waals surface area contributed by atoms with Crippen molar-refractivity contribution in [3.63, 3.8) is 0 Å². The molecule has 0 saturated heterocycles. The second-order valence-corrected chi connectivity index (χ2v) is 3.97. The van der Waals surface area contributed by atoms with Crippen LogP contribution in [0.5, 0.6) is 5.75 Å². The lowest BCUT2D eigenvalue weighted by atomic mass is 10.0. The van der Waals surface area contributed by atoms with Crippen LogP contribution in [0.4, 0.5) is 0 Å². The van der Waals surface area contributed by atoms with Gasteiger partial charge in [-0.25, -0.2) is 0 Å². The molecule has 0 N–H and O–H groups in total. The van der Waals surface area contributed by atoms with E-state index in [1.54, 1.807) is 7.11 Å². The molecular weight excluding hydrogens is 196 g/mol. The Hall–Kier alpha value is -1.76. The molecule has 16 heavy (non-hydrogen) atoms. The molecule has 0 aromatic heterocycles. The van der Waals surface area contributed by atoms with Crippen LogP contribution in [0.3, 0.4) is 0 Å². The van der Waals surface area contributed by atoms with E-state index in [0.29, 0.717) is 0 Å². The van der Waals surface area contributed by atoms with Crippen LogP contribution in [0.25, 0.3) is 0 Å². The van der Waals surface area contributed by atoms with Crippen molar-refractivity contribution in [2.75, 3.05) is 7.11 Å². The summed E-state index contributed by atoms with van der Waals surface area (Å²) >= 11 is 0. The lowest BCUT2D eigenvalue weighted by Crippen LogP contribution is -1.93. The number of methoxy groups -OCH3 is 1. The second-order valence-electron chi connectivity index (χ2n) is 3.97. The highest BCUT2D eigenvalue weighted by Gasteiger charge is 2.02. The van der Waals surface area contributed by atoms with Crippen LogP contribution in [0.1, 0.15) is 16.7 Å². The molecular formula is C15H16O. The first-order valence-electron chi connectivity index (χ1n) is 5.47. The van der Waals surface area contributed by atoms with E-state index in [9.17, 15) is 0 Å². The molecule has 0 spiro atoms. The van der Waals surface area contributed by atoms with E-state index in [1.165, 1.54) is 16.7 Å². The molecule has 0 saturated carbocycles. The Morgan fingerprint density at radius 2 is 1.62 bits per heavy atom. The normalized spacial score (nSPS) is 10.1. The quantitative estimate of drug-likeness (QED) is 0.755. The highest BCUT2D eigenvalue weighted by atomic mass is 16.5. The molecule has 82 valence electrons. The van der Waals surface area contributed by atoms with Gasteiger partial charge in [0.1, 0.15) is 5.75 Å². The average molecular weight is 212 g/mol. The van der Waals surface area contributed by atoms with Crippen LogP contribution in [0.15, 0.2) is 48.5 Å². The van der Waals surface area contributed by atoms with E-state index < -0.39 is 0 Å². The average Bonchev–Trinajstić information content (AvgIpc) is 2.33. The zero-order chi connectivity index (χ0) is 11.4. The molecule has 0 heterocycles. The van der Waals surface area contributed by atoms with Gasteiger partial charge >= 0.3 is 0 Å². The topological polar surface area (TPSA) is 9.23 Å². The molecule has 0 atom stereocenters. The van der Waals surface area contributed by atoms with Gasteiger partial charge in [0, 0.05) is 6.42 Å². The molecule has 1 nitrogen and oxygen atoms in total. The van der Waals surface area contributed by atoms with Gasteiger partial charge in [0.15, 0.2) is 0 Å². The fraction of sp³-hybridized carbons (Fsp3) is 0.200. The Labute approximate surface area is 96.7 Å². The van der Waals surface area contributed by atoms with Crippen LogP contribution >= 0.6 is 0 Å². The Morgan fingerprint density at radius 3 is 2.31 bits per heavy atom. The first-order valence-corrected chi connectivity index (χ1v) is 5.47. The van der Waals surface area contributed by atoms with Crippen molar-refractivity contribution >= 4 is 0 Å². The van der Waals surface area contributed by atoms with Crippen LogP contribution in [0, 0.1) is 6.92 Å². The second kappa shape index (κ2) is 4.84. The smallest absolute Gasteiger partial charge is 0.122 e. The van der Waals surface area contributed by atoms with Crippen molar-refractivity contribution in [1.29, 1.82) is 0 Å². The molecule has 2 aromatic carbocycles. The number of aryl methyl sites for hydroxylation is 1. The van der Waals surface area contributed by atoms with E-state index in [0.717, 1.165) is 12.2 Å². The van der Waals surface area contributed by atoms with Crippen LogP contribution in [-0.4, -0.2) is 7.11 Å². The molecule has 0 aliphatic heterocycles. The van der Waals surface area contributed by atoms with Gasteiger partial charge in [-0.3, -0.25) is 0 Å². The van der Waals surface area contributed by atoms with E-state index in [-0.39, 0.29) is 0 Å². The fourth-order valence-electron chi connectivity index (χ4n) is 1.77. The number of para-hydroxylation sites is 1. The molecule has 0 aliphatic carbocycles. The molecule has 1 heteroatoms. The third-order valence-electron chi connectivity index (χ3n) is 2.71. The van der Waals surface area contributed by atoms with Crippen LogP contribution in [-0.2, 0) is 6.42 Å². The lowest BCUT2D eigenvalue weighted by Gasteiger charge is -2.08. The standard InChI is InChI=1S/C15H16O/c1-12-7-9-13(10-8-12)11-14-5-3-4-6-15(14)16-2/h3-10H,11H2,1-2H3. The minimum absolute atomic E-state index is 0.921. The van der Waals surface area contributed by atoms with Gasteiger partial charge in [-0.1, -0.05) is 48.0 Å². The predicted molar refractivity (Wildman–Crippen MR) is 67.0 cm³/mol. The maximum Gasteiger partial charge on any atom is 0.122 e. The summed E-state index contributed by atoms with van der Waals surface area (Å²) in [5, 5.41) is 0.